The van der Waals surface area contributed by atoms with Gasteiger partial charge in [-0.15, -0.1) is 0 Å². The molecule has 1 heterocycles. The SMILES string of the molecule is COc1cccc(CN(C)c2ncc(F)cc2C(=O)O)c1. The molecule has 2 aromatic rings. The van der Waals surface area contributed by atoms with Crippen molar-refractivity contribution in [2.75, 3.05) is 19.1 Å². The van der Waals surface area contributed by atoms with Crippen LogP contribution in [0.15, 0.2) is 36.5 Å². The molecule has 2 rings (SSSR count). The Hall–Kier alpha value is -2.63. The molecule has 0 spiro atoms. The maximum atomic E-state index is 13.1. The first kappa shape index (κ1) is 14.8. The minimum atomic E-state index is -1.21. The highest BCUT2D eigenvalue weighted by molar-refractivity contribution is 5.93. The third-order valence-electron chi connectivity index (χ3n) is 2.98. The van der Waals surface area contributed by atoms with Crippen molar-refractivity contribution in [1.29, 1.82) is 0 Å². The summed E-state index contributed by atoms with van der Waals surface area (Å²) in [7, 11) is 3.28. The second-order valence-electron chi connectivity index (χ2n) is 4.54. The Bertz CT molecular complexity index is 661. The van der Waals surface area contributed by atoms with Gasteiger partial charge >= 0.3 is 5.97 Å². The zero-order chi connectivity index (χ0) is 15.4. The molecular weight excluding hydrogens is 275 g/mol. The number of hydrogen-bond donors (Lipinski definition) is 1. The van der Waals surface area contributed by atoms with Crippen molar-refractivity contribution in [2.45, 2.75) is 6.54 Å². The number of rotatable bonds is 5. The van der Waals surface area contributed by atoms with E-state index in [4.69, 9.17) is 9.84 Å². The summed E-state index contributed by atoms with van der Waals surface area (Å²) < 4.78 is 18.3. The third kappa shape index (κ3) is 3.47. The summed E-state index contributed by atoms with van der Waals surface area (Å²) >= 11 is 0. The van der Waals surface area contributed by atoms with E-state index in [1.165, 1.54) is 0 Å². The Balaban J connectivity index is 2.27. The predicted molar refractivity (Wildman–Crippen MR) is 76.3 cm³/mol. The molecule has 0 saturated carbocycles. The molecule has 0 atom stereocenters. The van der Waals surface area contributed by atoms with E-state index in [1.54, 1.807) is 19.1 Å². The molecule has 21 heavy (non-hydrogen) atoms. The van der Waals surface area contributed by atoms with Gasteiger partial charge in [-0.2, -0.15) is 0 Å². The molecule has 0 amide bonds. The zero-order valence-electron chi connectivity index (χ0n) is 11.7. The molecule has 0 radical (unpaired) electrons. The first-order valence-corrected chi connectivity index (χ1v) is 6.24. The fraction of sp³-hybridized carbons (Fsp3) is 0.200. The van der Waals surface area contributed by atoms with Crippen LogP contribution in [-0.2, 0) is 6.54 Å². The van der Waals surface area contributed by atoms with E-state index in [1.807, 2.05) is 24.3 Å². The molecule has 0 aliphatic rings. The van der Waals surface area contributed by atoms with Crippen LogP contribution in [0.4, 0.5) is 10.2 Å². The largest absolute Gasteiger partial charge is 0.497 e. The summed E-state index contributed by atoms with van der Waals surface area (Å²) in [5.74, 6) is -0.960. The summed E-state index contributed by atoms with van der Waals surface area (Å²) in [6.07, 6.45) is 1.00. The number of anilines is 1. The fourth-order valence-corrected chi connectivity index (χ4v) is 2.01. The van der Waals surface area contributed by atoms with Crippen molar-refractivity contribution >= 4 is 11.8 Å². The average molecular weight is 290 g/mol. The van der Waals surface area contributed by atoms with Crippen molar-refractivity contribution in [2.24, 2.45) is 0 Å². The van der Waals surface area contributed by atoms with Crippen LogP contribution in [-0.4, -0.2) is 30.2 Å². The first-order chi connectivity index (χ1) is 10.0. The molecule has 0 unspecified atom stereocenters. The van der Waals surface area contributed by atoms with Crippen LogP contribution < -0.4 is 9.64 Å². The van der Waals surface area contributed by atoms with E-state index < -0.39 is 11.8 Å². The van der Waals surface area contributed by atoms with E-state index in [9.17, 15) is 9.18 Å². The topological polar surface area (TPSA) is 62.7 Å². The van der Waals surface area contributed by atoms with Gasteiger partial charge in [0.1, 0.15) is 22.9 Å². The van der Waals surface area contributed by atoms with Gasteiger partial charge < -0.3 is 14.7 Å². The number of nitrogens with zero attached hydrogens (tertiary/aromatic N) is 2. The number of hydrogen-bond acceptors (Lipinski definition) is 4. The Morgan fingerprint density at radius 1 is 1.43 bits per heavy atom. The van der Waals surface area contributed by atoms with Crippen LogP contribution in [0.5, 0.6) is 5.75 Å². The van der Waals surface area contributed by atoms with Gasteiger partial charge in [-0.3, -0.25) is 0 Å². The molecule has 1 N–H and O–H groups in total. The molecule has 0 fully saturated rings. The second-order valence-corrected chi connectivity index (χ2v) is 4.54. The minimum Gasteiger partial charge on any atom is -0.497 e. The van der Waals surface area contributed by atoms with E-state index in [-0.39, 0.29) is 11.4 Å². The van der Waals surface area contributed by atoms with Crippen LogP contribution in [0.1, 0.15) is 15.9 Å². The Morgan fingerprint density at radius 3 is 2.86 bits per heavy atom. The van der Waals surface area contributed by atoms with Gasteiger partial charge in [0.2, 0.25) is 0 Å². The third-order valence-corrected chi connectivity index (χ3v) is 2.98. The number of ether oxygens (including phenoxy) is 1. The van der Waals surface area contributed by atoms with Crippen molar-refractivity contribution in [3.05, 3.63) is 53.5 Å². The quantitative estimate of drug-likeness (QED) is 0.917. The van der Waals surface area contributed by atoms with Crippen molar-refractivity contribution in [3.63, 3.8) is 0 Å². The van der Waals surface area contributed by atoms with Gasteiger partial charge in [-0.05, 0) is 23.8 Å². The fourth-order valence-electron chi connectivity index (χ4n) is 2.01. The molecule has 6 heteroatoms. The van der Waals surface area contributed by atoms with Gasteiger partial charge in [-0.25, -0.2) is 14.2 Å². The standard InChI is InChI=1S/C15H15FN2O3/c1-18(9-10-4-3-5-12(6-10)21-2)14-13(15(19)20)7-11(16)8-17-14/h3-8H,9H2,1-2H3,(H,19,20). The predicted octanol–water partition coefficient (Wildman–Crippen LogP) is 2.56. The maximum absolute atomic E-state index is 13.1. The lowest BCUT2D eigenvalue weighted by molar-refractivity contribution is 0.0696. The van der Waals surface area contributed by atoms with Crippen molar-refractivity contribution in [3.8, 4) is 5.75 Å². The number of methoxy groups -OCH3 is 1. The molecule has 1 aromatic carbocycles. The van der Waals surface area contributed by atoms with Gasteiger partial charge in [0.15, 0.2) is 0 Å². The number of aromatic nitrogens is 1. The van der Waals surface area contributed by atoms with E-state index in [0.717, 1.165) is 17.8 Å². The van der Waals surface area contributed by atoms with Gasteiger partial charge in [0, 0.05) is 13.6 Å². The Morgan fingerprint density at radius 2 is 2.19 bits per heavy atom. The highest BCUT2D eigenvalue weighted by Crippen LogP contribution is 2.21. The molecule has 0 aliphatic heterocycles. The number of benzene rings is 1. The van der Waals surface area contributed by atoms with E-state index >= 15 is 0 Å². The Labute approximate surface area is 121 Å². The molecular formula is C15H15FN2O3. The maximum Gasteiger partial charge on any atom is 0.339 e. The zero-order valence-corrected chi connectivity index (χ0v) is 11.7. The molecule has 0 bridgehead atoms. The molecule has 5 nitrogen and oxygen atoms in total. The van der Waals surface area contributed by atoms with Crippen LogP contribution >= 0.6 is 0 Å². The minimum absolute atomic E-state index is 0.166. The van der Waals surface area contributed by atoms with Gasteiger partial charge in [0.05, 0.1) is 13.3 Å². The average Bonchev–Trinajstić information content (AvgIpc) is 2.47. The van der Waals surface area contributed by atoms with Crippen LogP contribution in [0.3, 0.4) is 0 Å². The molecule has 0 aliphatic carbocycles. The number of halogens is 1. The number of carboxylic acids is 1. The normalized spacial score (nSPS) is 10.2. The van der Waals surface area contributed by atoms with Crippen molar-refractivity contribution in [1.82, 2.24) is 4.98 Å². The Kier molecular flexibility index (Phi) is 4.37. The summed E-state index contributed by atoms with van der Waals surface area (Å²) in [4.78, 5) is 16.7. The number of aromatic carboxylic acids is 1. The van der Waals surface area contributed by atoms with E-state index in [2.05, 4.69) is 4.98 Å². The lowest BCUT2D eigenvalue weighted by atomic mass is 10.2. The number of pyridine rings is 1. The molecule has 0 saturated heterocycles. The first-order valence-electron chi connectivity index (χ1n) is 6.24. The van der Waals surface area contributed by atoms with Crippen LogP contribution in [0.25, 0.3) is 0 Å². The molecule has 1 aromatic heterocycles. The summed E-state index contributed by atoms with van der Waals surface area (Å²) in [5, 5.41) is 9.13. The highest BCUT2D eigenvalue weighted by Gasteiger charge is 2.16. The van der Waals surface area contributed by atoms with E-state index in [0.29, 0.717) is 12.3 Å². The van der Waals surface area contributed by atoms with Crippen LogP contribution in [0, 0.1) is 5.82 Å². The molecule has 110 valence electrons. The van der Waals surface area contributed by atoms with Gasteiger partial charge in [0.25, 0.3) is 0 Å². The van der Waals surface area contributed by atoms with Gasteiger partial charge in [-0.1, -0.05) is 12.1 Å². The van der Waals surface area contributed by atoms with Crippen molar-refractivity contribution < 1.29 is 19.0 Å². The lowest BCUT2D eigenvalue weighted by Gasteiger charge is -2.20. The number of carboxylic acid groups (broad SMARTS) is 1. The lowest BCUT2D eigenvalue weighted by Crippen LogP contribution is -2.21. The summed E-state index contributed by atoms with van der Waals surface area (Å²) in [6.45, 7) is 0.427. The second kappa shape index (κ2) is 6.21. The highest BCUT2D eigenvalue weighted by atomic mass is 19.1. The number of carbonyl (C=O) groups is 1. The monoisotopic (exact) mass is 290 g/mol. The summed E-state index contributed by atoms with van der Waals surface area (Å²) in [5.41, 5.74) is 0.764. The van der Waals surface area contributed by atoms with Crippen LogP contribution in [0.2, 0.25) is 0 Å². The smallest absolute Gasteiger partial charge is 0.339 e. The summed E-state index contributed by atoms with van der Waals surface area (Å²) in [6, 6.07) is 8.37.